The van der Waals surface area contributed by atoms with Gasteiger partial charge in [0.2, 0.25) is 0 Å². The fraction of sp³-hybridized carbons (Fsp3) is 0.400. The maximum absolute atomic E-state index is 10.7. The number of unbranched alkanes of at least 4 members (excludes halogenated alkanes) is 2. The van der Waals surface area contributed by atoms with Gasteiger partial charge in [-0.15, -0.1) is 0 Å². The number of aryl methyl sites for hydroxylation is 1. The van der Waals surface area contributed by atoms with Gasteiger partial charge in [0, 0.05) is 0 Å². The first-order valence-electron chi connectivity index (χ1n) is 8.22. The Balaban J connectivity index is 1.73. The van der Waals surface area contributed by atoms with Gasteiger partial charge >= 0.3 is 0 Å². The summed E-state index contributed by atoms with van der Waals surface area (Å²) in [5.74, 6) is 0. The highest BCUT2D eigenvalue weighted by Crippen LogP contribution is 2.44. The lowest BCUT2D eigenvalue weighted by molar-refractivity contribution is 0.224. The zero-order valence-electron chi connectivity index (χ0n) is 13.5. The van der Waals surface area contributed by atoms with Crippen LogP contribution in [0.1, 0.15) is 42.1 Å². The van der Waals surface area contributed by atoms with Gasteiger partial charge < -0.3 is 10.0 Å². The third kappa shape index (κ3) is 2.94. The monoisotopic (exact) mass is 295 g/mol. The molecule has 22 heavy (non-hydrogen) atoms. The summed E-state index contributed by atoms with van der Waals surface area (Å²) in [6.07, 6.45) is 4.27. The number of benzene rings is 2. The van der Waals surface area contributed by atoms with E-state index in [1.165, 1.54) is 36.0 Å². The van der Waals surface area contributed by atoms with Crippen LogP contribution >= 0.6 is 0 Å². The number of rotatable bonds is 6. The van der Waals surface area contributed by atoms with Crippen molar-refractivity contribution >= 4 is 0 Å². The van der Waals surface area contributed by atoms with Crippen molar-refractivity contribution in [1.82, 2.24) is 4.90 Å². The average molecular weight is 295 g/mol. The van der Waals surface area contributed by atoms with Crippen LogP contribution in [-0.4, -0.2) is 30.6 Å². The van der Waals surface area contributed by atoms with Crippen molar-refractivity contribution in [2.24, 2.45) is 0 Å². The van der Waals surface area contributed by atoms with Crippen molar-refractivity contribution in [2.75, 3.05) is 20.6 Å². The molecule has 0 saturated carbocycles. The molecule has 0 amide bonds. The Labute approximate surface area is 133 Å². The van der Waals surface area contributed by atoms with E-state index in [2.05, 4.69) is 49.3 Å². The quantitative estimate of drug-likeness (QED) is 0.814. The van der Waals surface area contributed by atoms with Crippen LogP contribution in [0, 0.1) is 0 Å². The van der Waals surface area contributed by atoms with Crippen molar-refractivity contribution < 1.29 is 5.11 Å². The van der Waals surface area contributed by atoms with Gasteiger partial charge in [-0.2, -0.15) is 0 Å². The third-order valence-corrected chi connectivity index (χ3v) is 4.57. The van der Waals surface area contributed by atoms with Gasteiger partial charge in [-0.05, 0) is 67.7 Å². The van der Waals surface area contributed by atoms with Crippen LogP contribution in [0.5, 0.6) is 0 Å². The third-order valence-electron chi connectivity index (χ3n) is 4.57. The lowest BCUT2D eigenvalue weighted by atomic mass is 9.96. The second-order valence-corrected chi connectivity index (χ2v) is 6.48. The van der Waals surface area contributed by atoms with Gasteiger partial charge in [0.05, 0.1) is 0 Å². The maximum Gasteiger partial charge on any atom is 0.106 e. The highest BCUT2D eigenvalue weighted by molar-refractivity contribution is 5.79. The van der Waals surface area contributed by atoms with E-state index in [-0.39, 0.29) is 0 Å². The summed E-state index contributed by atoms with van der Waals surface area (Å²) in [7, 11) is 4.25. The number of nitrogens with zero attached hydrogens (tertiary/aromatic N) is 1. The molecule has 0 saturated heterocycles. The van der Waals surface area contributed by atoms with Crippen LogP contribution in [-0.2, 0) is 6.42 Å². The molecule has 3 rings (SSSR count). The molecule has 0 spiro atoms. The van der Waals surface area contributed by atoms with Gasteiger partial charge in [-0.3, -0.25) is 0 Å². The summed E-state index contributed by atoms with van der Waals surface area (Å²) in [4.78, 5) is 2.24. The predicted molar refractivity (Wildman–Crippen MR) is 92.0 cm³/mol. The minimum atomic E-state index is -0.454. The molecule has 1 N–H and O–H groups in total. The Hall–Kier alpha value is -1.64. The predicted octanol–water partition coefficient (Wildman–Crippen LogP) is 4.02. The van der Waals surface area contributed by atoms with Gasteiger partial charge in [0.15, 0.2) is 0 Å². The summed E-state index contributed by atoms with van der Waals surface area (Å²) in [5, 5.41) is 10.7. The molecule has 1 atom stereocenters. The summed E-state index contributed by atoms with van der Waals surface area (Å²) in [5.41, 5.74) is 5.91. The smallest absolute Gasteiger partial charge is 0.106 e. The molecule has 0 radical (unpaired) electrons. The molecule has 0 aromatic heterocycles. The van der Waals surface area contributed by atoms with Crippen molar-refractivity contribution in [1.29, 1.82) is 0 Å². The molecule has 2 aromatic carbocycles. The van der Waals surface area contributed by atoms with E-state index in [0.717, 1.165) is 24.1 Å². The van der Waals surface area contributed by atoms with Crippen LogP contribution < -0.4 is 0 Å². The molecule has 0 heterocycles. The maximum atomic E-state index is 10.7. The summed E-state index contributed by atoms with van der Waals surface area (Å²) in [6, 6.07) is 14.7. The van der Waals surface area contributed by atoms with Gasteiger partial charge in [-0.1, -0.05) is 48.9 Å². The minimum absolute atomic E-state index is 0.454. The van der Waals surface area contributed by atoms with E-state index in [0.29, 0.717) is 0 Å². The number of aliphatic hydroxyl groups is 1. The van der Waals surface area contributed by atoms with Gasteiger partial charge in [0.1, 0.15) is 6.10 Å². The fourth-order valence-corrected chi connectivity index (χ4v) is 3.45. The van der Waals surface area contributed by atoms with Crippen LogP contribution in [0.15, 0.2) is 42.5 Å². The fourth-order valence-electron chi connectivity index (χ4n) is 3.45. The molecular weight excluding hydrogens is 270 g/mol. The molecule has 1 unspecified atom stereocenters. The second-order valence-electron chi connectivity index (χ2n) is 6.48. The van der Waals surface area contributed by atoms with Crippen molar-refractivity contribution in [2.45, 2.75) is 31.8 Å². The summed E-state index contributed by atoms with van der Waals surface area (Å²) < 4.78 is 0. The molecule has 2 nitrogen and oxygen atoms in total. The Morgan fingerprint density at radius 3 is 2.50 bits per heavy atom. The van der Waals surface area contributed by atoms with E-state index < -0.39 is 6.10 Å². The van der Waals surface area contributed by atoms with Gasteiger partial charge in [-0.25, -0.2) is 0 Å². The number of aliphatic hydroxyl groups excluding tert-OH is 1. The minimum Gasteiger partial charge on any atom is -0.384 e. The van der Waals surface area contributed by atoms with E-state index in [1.807, 2.05) is 12.1 Å². The topological polar surface area (TPSA) is 23.5 Å². The number of fused-ring (bicyclic) bond motifs is 3. The Kier molecular flexibility index (Phi) is 4.60. The zero-order valence-corrected chi connectivity index (χ0v) is 13.5. The Morgan fingerprint density at radius 1 is 0.909 bits per heavy atom. The first-order chi connectivity index (χ1) is 10.7. The lowest BCUT2D eigenvalue weighted by Crippen LogP contribution is -2.12. The molecule has 0 fully saturated rings. The average Bonchev–Trinajstić information content (AvgIpc) is 2.81. The molecule has 1 aliphatic rings. The van der Waals surface area contributed by atoms with Crippen LogP contribution in [0.2, 0.25) is 0 Å². The highest BCUT2D eigenvalue weighted by Gasteiger charge is 2.28. The van der Waals surface area contributed by atoms with Crippen LogP contribution in [0.25, 0.3) is 11.1 Å². The first kappa shape index (κ1) is 15.3. The molecule has 2 heteroatoms. The normalized spacial score (nSPS) is 15.9. The summed E-state index contributed by atoms with van der Waals surface area (Å²) in [6.45, 7) is 1.15. The molecule has 2 aromatic rings. The highest BCUT2D eigenvalue weighted by atomic mass is 16.3. The van der Waals surface area contributed by atoms with Crippen LogP contribution in [0.3, 0.4) is 0 Å². The molecule has 116 valence electrons. The molecular formula is C20H25NO. The standard InChI is InChI=1S/C20H25NO/c1-21(2)14-7-3-4-9-15-10-8-13-17-16-11-5-6-12-18(16)20(22)19(15)17/h5-6,8,10-13,20,22H,3-4,7,9,14H2,1-2H3. The van der Waals surface area contributed by atoms with E-state index >= 15 is 0 Å². The van der Waals surface area contributed by atoms with Crippen molar-refractivity contribution in [3.05, 3.63) is 59.2 Å². The number of hydrogen-bond acceptors (Lipinski definition) is 2. The van der Waals surface area contributed by atoms with Crippen molar-refractivity contribution in [3.8, 4) is 11.1 Å². The molecule has 0 aliphatic heterocycles. The van der Waals surface area contributed by atoms with Crippen molar-refractivity contribution in [3.63, 3.8) is 0 Å². The van der Waals surface area contributed by atoms with Crippen LogP contribution in [0.4, 0.5) is 0 Å². The lowest BCUT2D eigenvalue weighted by Gasteiger charge is -2.13. The van der Waals surface area contributed by atoms with Gasteiger partial charge in [0.25, 0.3) is 0 Å². The van der Waals surface area contributed by atoms with E-state index in [1.54, 1.807) is 0 Å². The van der Waals surface area contributed by atoms with E-state index in [9.17, 15) is 5.11 Å². The summed E-state index contributed by atoms with van der Waals surface area (Å²) >= 11 is 0. The Bertz CT molecular complexity index is 648. The number of hydrogen-bond donors (Lipinski definition) is 1. The Morgan fingerprint density at radius 2 is 1.68 bits per heavy atom. The van der Waals surface area contributed by atoms with E-state index in [4.69, 9.17) is 0 Å². The first-order valence-corrected chi connectivity index (χ1v) is 8.22. The molecule has 1 aliphatic carbocycles. The molecule has 0 bridgehead atoms. The second kappa shape index (κ2) is 6.64. The largest absolute Gasteiger partial charge is 0.384 e. The SMILES string of the molecule is CN(C)CCCCCc1cccc2c1C(O)c1ccccc1-2. The zero-order chi connectivity index (χ0) is 15.5.